The third-order valence-corrected chi connectivity index (χ3v) is 1.79. The standard InChI is InChI=1S/C11H13NO2/c1-3-10(14-2)12-11(13)9-7-5-4-6-8-9/h4-8H,3H2,1-2H3/b12-10-. The van der Waals surface area contributed by atoms with E-state index in [4.69, 9.17) is 4.74 Å². The molecule has 14 heavy (non-hydrogen) atoms. The molecule has 3 nitrogen and oxygen atoms in total. The van der Waals surface area contributed by atoms with Crippen molar-refractivity contribution in [2.45, 2.75) is 13.3 Å². The van der Waals surface area contributed by atoms with E-state index in [-0.39, 0.29) is 5.91 Å². The fourth-order valence-electron chi connectivity index (χ4n) is 1.03. The zero-order valence-corrected chi connectivity index (χ0v) is 8.36. The minimum Gasteiger partial charge on any atom is -0.484 e. The van der Waals surface area contributed by atoms with Gasteiger partial charge in [-0.05, 0) is 12.1 Å². The molecule has 74 valence electrons. The molecule has 1 amide bonds. The van der Waals surface area contributed by atoms with E-state index in [1.165, 1.54) is 7.11 Å². The molecule has 0 aromatic heterocycles. The molecule has 0 spiro atoms. The smallest absolute Gasteiger partial charge is 0.279 e. The number of carbonyl (C=O) groups is 1. The quantitative estimate of drug-likeness (QED) is 0.531. The van der Waals surface area contributed by atoms with Crippen LogP contribution in [0.15, 0.2) is 35.3 Å². The van der Waals surface area contributed by atoms with Crippen molar-refractivity contribution in [1.82, 2.24) is 0 Å². The maximum Gasteiger partial charge on any atom is 0.279 e. The number of amides is 1. The van der Waals surface area contributed by atoms with Gasteiger partial charge in [0.05, 0.1) is 7.11 Å². The summed E-state index contributed by atoms with van der Waals surface area (Å²) in [4.78, 5) is 15.3. The van der Waals surface area contributed by atoms with E-state index in [2.05, 4.69) is 4.99 Å². The van der Waals surface area contributed by atoms with Crippen LogP contribution in [0.1, 0.15) is 23.7 Å². The van der Waals surface area contributed by atoms with Gasteiger partial charge in [0.15, 0.2) is 5.90 Å². The molecule has 0 atom stereocenters. The lowest BCUT2D eigenvalue weighted by molar-refractivity contribution is 0.0999. The predicted octanol–water partition coefficient (Wildman–Crippen LogP) is 2.28. The lowest BCUT2D eigenvalue weighted by Crippen LogP contribution is -2.04. The molecule has 1 rings (SSSR count). The molecular formula is C11H13NO2. The minimum absolute atomic E-state index is 0.260. The van der Waals surface area contributed by atoms with E-state index < -0.39 is 0 Å². The van der Waals surface area contributed by atoms with Gasteiger partial charge in [0.25, 0.3) is 5.91 Å². The van der Waals surface area contributed by atoms with Crippen molar-refractivity contribution in [3.05, 3.63) is 35.9 Å². The SMILES string of the molecule is CC/C(=N/C(=O)c1ccccc1)OC. The van der Waals surface area contributed by atoms with E-state index in [0.29, 0.717) is 17.9 Å². The Bertz CT molecular complexity index is 324. The van der Waals surface area contributed by atoms with Gasteiger partial charge in [-0.3, -0.25) is 4.79 Å². The Balaban J connectivity index is 2.82. The van der Waals surface area contributed by atoms with Gasteiger partial charge in [0.2, 0.25) is 0 Å². The third-order valence-electron chi connectivity index (χ3n) is 1.79. The highest BCUT2D eigenvalue weighted by molar-refractivity contribution is 6.01. The van der Waals surface area contributed by atoms with E-state index in [9.17, 15) is 4.79 Å². The first-order valence-corrected chi connectivity index (χ1v) is 4.49. The summed E-state index contributed by atoms with van der Waals surface area (Å²) in [6, 6.07) is 8.93. The highest BCUT2D eigenvalue weighted by Gasteiger charge is 2.04. The molecule has 0 saturated carbocycles. The van der Waals surface area contributed by atoms with Crippen molar-refractivity contribution in [3.63, 3.8) is 0 Å². The van der Waals surface area contributed by atoms with Crippen LogP contribution in [0, 0.1) is 0 Å². The number of hydrogen-bond donors (Lipinski definition) is 0. The maximum atomic E-state index is 11.5. The van der Waals surface area contributed by atoms with Crippen LogP contribution in [0.2, 0.25) is 0 Å². The van der Waals surface area contributed by atoms with E-state index in [1.54, 1.807) is 24.3 Å². The number of hydrogen-bond acceptors (Lipinski definition) is 2. The molecule has 0 bridgehead atoms. The number of aliphatic imine (C=N–C) groups is 1. The zero-order valence-electron chi connectivity index (χ0n) is 8.36. The van der Waals surface area contributed by atoms with E-state index in [0.717, 1.165) is 0 Å². The van der Waals surface area contributed by atoms with Crippen LogP contribution in [0.5, 0.6) is 0 Å². The molecule has 3 heteroatoms. The third kappa shape index (κ3) is 2.69. The second kappa shape index (κ2) is 5.17. The van der Waals surface area contributed by atoms with Crippen LogP contribution in [0.25, 0.3) is 0 Å². The first kappa shape index (κ1) is 10.4. The van der Waals surface area contributed by atoms with Crippen molar-refractivity contribution in [2.24, 2.45) is 4.99 Å². The Morgan fingerprint density at radius 1 is 1.36 bits per heavy atom. The second-order valence-electron chi connectivity index (χ2n) is 2.73. The summed E-state index contributed by atoms with van der Waals surface area (Å²) in [5.74, 6) is 0.197. The van der Waals surface area contributed by atoms with Gasteiger partial charge in [-0.1, -0.05) is 25.1 Å². The number of rotatable bonds is 2. The zero-order chi connectivity index (χ0) is 10.4. The van der Waals surface area contributed by atoms with Crippen LogP contribution in [-0.2, 0) is 4.74 Å². The number of nitrogens with zero attached hydrogens (tertiary/aromatic N) is 1. The number of benzene rings is 1. The van der Waals surface area contributed by atoms with Crippen LogP contribution >= 0.6 is 0 Å². The molecule has 0 saturated heterocycles. The predicted molar refractivity (Wildman–Crippen MR) is 55.5 cm³/mol. The molecule has 1 aromatic rings. The first-order valence-electron chi connectivity index (χ1n) is 4.49. The largest absolute Gasteiger partial charge is 0.484 e. The van der Waals surface area contributed by atoms with Crippen molar-refractivity contribution >= 4 is 11.8 Å². The van der Waals surface area contributed by atoms with Crippen molar-refractivity contribution < 1.29 is 9.53 Å². The average molecular weight is 191 g/mol. The monoisotopic (exact) mass is 191 g/mol. The summed E-state index contributed by atoms with van der Waals surface area (Å²) >= 11 is 0. The highest BCUT2D eigenvalue weighted by atomic mass is 16.5. The Kier molecular flexibility index (Phi) is 3.85. The van der Waals surface area contributed by atoms with Gasteiger partial charge >= 0.3 is 0 Å². The Hall–Kier alpha value is -1.64. The number of ether oxygens (including phenoxy) is 1. The molecule has 0 fully saturated rings. The van der Waals surface area contributed by atoms with Crippen molar-refractivity contribution in [1.29, 1.82) is 0 Å². The summed E-state index contributed by atoms with van der Waals surface area (Å²) < 4.78 is 4.92. The number of carbonyl (C=O) groups excluding carboxylic acids is 1. The fourth-order valence-corrected chi connectivity index (χ4v) is 1.03. The second-order valence-corrected chi connectivity index (χ2v) is 2.73. The van der Waals surface area contributed by atoms with Gasteiger partial charge in [-0.25, -0.2) is 0 Å². The van der Waals surface area contributed by atoms with Crippen LogP contribution in [0.3, 0.4) is 0 Å². The van der Waals surface area contributed by atoms with Crippen LogP contribution < -0.4 is 0 Å². The lowest BCUT2D eigenvalue weighted by Gasteiger charge is -2.00. The highest BCUT2D eigenvalue weighted by Crippen LogP contribution is 2.01. The first-order chi connectivity index (χ1) is 6.77. The summed E-state index contributed by atoms with van der Waals surface area (Å²) in [6.07, 6.45) is 0.620. The van der Waals surface area contributed by atoms with Crippen LogP contribution in [0.4, 0.5) is 0 Å². The Morgan fingerprint density at radius 3 is 2.50 bits per heavy atom. The molecule has 0 aliphatic carbocycles. The minimum atomic E-state index is -0.260. The summed E-state index contributed by atoms with van der Waals surface area (Å²) in [7, 11) is 1.51. The normalized spacial score (nSPS) is 11.1. The van der Waals surface area contributed by atoms with Crippen molar-refractivity contribution in [3.8, 4) is 0 Å². The van der Waals surface area contributed by atoms with Gasteiger partial charge in [-0.2, -0.15) is 4.99 Å². The molecule has 0 heterocycles. The van der Waals surface area contributed by atoms with Gasteiger partial charge < -0.3 is 4.74 Å². The maximum absolute atomic E-state index is 11.5. The Morgan fingerprint density at radius 2 is 2.00 bits per heavy atom. The average Bonchev–Trinajstić information content (AvgIpc) is 2.26. The Labute approximate surface area is 83.4 Å². The van der Waals surface area contributed by atoms with Gasteiger partial charge in [0.1, 0.15) is 0 Å². The van der Waals surface area contributed by atoms with Crippen LogP contribution in [-0.4, -0.2) is 18.9 Å². The molecule has 1 aromatic carbocycles. The summed E-state index contributed by atoms with van der Waals surface area (Å²) in [5.41, 5.74) is 0.579. The lowest BCUT2D eigenvalue weighted by atomic mass is 10.2. The van der Waals surface area contributed by atoms with Gasteiger partial charge in [-0.15, -0.1) is 0 Å². The molecule has 0 aliphatic rings. The van der Waals surface area contributed by atoms with E-state index in [1.807, 2.05) is 13.0 Å². The fraction of sp³-hybridized carbons (Fsp3) is 0.273. The van der Waals surface area contributed by atoms with Crippen molar-refractivity contribution in [2.75, 3.05) is 7.11 Å². The number of methoxy groups -OCH3 is 1. The molecule has 0 aliphatic heterocycles. The molecule has 0 radical (unpaired) electrons. The van der Waals surface area contributed by atoms with Gasteiger partial charge in [0, 0.05) is 12.0 Å². The topological polar surface area (TPSA) is 38.7 Å². The molecular weight excluding hydrogens is 178 g/mol. The molecule has 0 unspecified atom stereocenters. The molecule has 0 N–H and O–H groups in total. The van der Waals surface area contributed by atoms with E-state index >= 15 is 0 Å². The summed E-state index contributed by atoms with van der Waals surface area (Å²) in [5, 5.41) is 0. The summed E-state index contributed by atoms with van der Waals surface area (Å²) in [6.45, 7) is 1.89.